The first kappa shape index (κ1) is 11.0. The summed E-state index contributed by atoms with van der Waals surface area (Å²) in [6.45, 7) is 4.18. The smallest absolute Gasteiger partial charge is 0.125 e. The molecule has 4 heteroatoms. The van der Waals surface area contributed by atoms with Crippen LogP contribution in [-0.2, 0) is 7.05 Å². The van der Waals surface area contributed by atoms with Gasteiger partial charge >= 0.3 is 0 Å². The highest BCUT2D eigenvalue weighted by Crippen LogP contribution is 2.18. The molecule has 1 unspecified atom stereocenters. The van der Waals surface area contributed by atoms with Crippen LogP contribution in [0, 0.1) is 0 Å². The van der Waals surface area contributed by atoms with E-state index in [9.17, 15) is 0 Å². The molecular weight excluding hydrogens is 202 g/mol. The number of imidazole rings is 1. The standard InChI is InChI=1S/C12H17N3O/c1-9(11-5-4-8-16-11)14-10(2)12-13-6-7-15(12)3/h4-10,14H,1-3H3/t9-,10?/m0/s1. The predicted molar refractivity (Wildman–Crippen MR) is 61.9 cm³/mol. The number of furan rings is 1. The Balaban J connectivity index is 2.03. The van der Waals surface area contributed by atoms with Gasteiger partial charge in [-0.1, -0.05) is 0 Å². The van der Waals surface area contributed by atoms with E-state index in [2.05, 4.69) is 24.1 Å². The summed E-state index contributed by atoms with van der Waals surface area (Å²) in [5.41, 5.74) is 0. The lowest BCUT2D eigenvalue weighted by atomic mass is 10.2. The van der Waals surface area contributed by atoms with E-state index < -0.39 is 0 Å². The summed E-state index contributed by atoms with van der Waals surface area (Å²) in [6, 6.07) is 4.25. The molecule has 0 aliphatic rings. The largest absolute Gasteiger partial charge is 0.468 e. The highest BCUT2D eigenvalue weighted by molar-refractivity contribution is 5.05. The fraction of sp³-hybridized carbons (Fsp3) is 0.417. The minimum absolute atomic E-state index is 0.182. The van der Waals surface area contributed by atoms with E-state index in [1.54, 1.807) is 6.26 Å². The van der Waals surface area contributed by atoms with E-state index in [4.69, 9.17) is 4.42 Å². The Bertz CT molecular complexity index is 433. The Kier molecular flexibility index (Phi) is 3.10. The number of nitrogens with zero attached hydrogens (tertiary/aromatic N) is 2. The SMILES string of the molecule is CC(N[C@@H](C)c1ccco1)c1nccn1C. The molecule has 0 spiro atoms. The molecule has 0 saturated carbocycles. The Morgan fingerprint density at radius 2 is 2.19 bits per heavy atom. The van der Waals surface area contributed by atoms with E-state index in [-0.39, 0.29) is 12.1 Å². The van der Waals surface area contributed by atoms with E-state index in [0.29, 0.717) is 0 Å². The van der Waals surface area contributed by atoms with E-state index in [1.807, 2.05) is 36.1 Å². The summed E-state index contributed by atoms with van der Waals surface area (Å²) < 4.78 is 7.37. The van der Waals surface area contributed by atoms with E-state index >= 15 is 0 Å². The van der Waals surface area contributed by atoms with Gasteiger partial charge in [-0.3, -0.25) is 5.32 Å². The van der Waals surface area contributed by atoms with Gasteiger partial charge in [0.15, 0.2) is 0 Å². The number of hydrogen-bond donors (Lipinski definition) is 1. The molecule has 0 saturated heterocycles. The van der Waals surface area contributed by atoms with Gasteiger partial charge in [-0.15, -0.1) is 0 Å². The number of rotatable bonds is 4. The Labute approximate surface area is 95.3 Å². The summed E-state index contributed by atoms with van der Waals surface area (Å²) in [7, 11) is 2.00. The molecular formula is C12H17N3O. The summed E-state index contributed by atoms with van der Waals surface area (Å²) in [5.74, 6) is 1.97. The predicted octanol–water partition coefficient (Wildman–Crippen LogP) is 2.42. The second kappa shape index (κ2) is 4.53. The Hall–Kier alpha value is -1.55. The molecule has 4 nitrogen and oxygen atoms in total. The van der Waals surface area contributed by atoms with Crippen LogP contribution in [0.2, 0.25) is 0 Å². The van der Waals surface area contributed by atoms with Crippen molar-refractivity contribution in [1.82, 2.24) is 14.9 Å². The van der Waals surface area contributed by atoms with Gasteiger partial charge in [0.2, 0.25) is 0 Å². The molecule has 1 N–H and O–H groups in total. The molecule has 0 aliphatic heterocycles. The van der Waals surface area contributed by atoms with Gasteiger partial charge in [0, 0.05) is 19.4 Å². The average molecular weight is 219 g/mol. The van der Waals surface area contributed by atoms with Crippen molar-refractivity contribution in [3.63, 3.8) is 0 Å². The zero-order valence-corrected chi connectivity index (χ0v) is 9.84. The number of aromatic nitrogens is 2. The molecule has 0 aromatic carbocycles. The van der Waals surface area contributed by atoms with Gasteiger partial charge in [0.1, 0.15) is 11.6 Å². The first-order valence-corrected chi connectivity index (χ1v) is 5.45. The van der Waals surface area contributed by atoms with Crippen molar-refractivity contribution in [3.05, 3.63) is 42.4 Å². The van der Waals surface area contributed by atoms with Gasteiger partial charge in [-0.2, -0.15) is 0 Å². The molecule has 16 heavy (non-hydrogen) atoms. The maximum absolute atomic E-state index is 5.35. The second-order valence-corrected chi connectivity index (χ2v) is 4.02. The highest BCUT2D eigenvalue weighted by atomic mass is 16.3. The highest BCUT2D eigenvalue weighted by Gasteiger charge is 2.15. The molecule has 2 aromatic rings. The lowest BCUT2D eigenvalue weighted by Gasteiger charge is -2.18. The fourth-order valence-corrected chi connectivity index (χ4v) is 1.86. The Morgan fingerprint density at radius 3 is 2.75 bits per heavy atom. The van der Waals surface area contributed by atoms with E-state index in [1.165, 1.54) is 0 Å². The van der Waals surface area contributed by atoms with Crippen molar-refractivity contribution in [2.24, 2.45) is 7.05 Å². The second-order valence-electron chi connectivity index (χ2n) is 4.02. The van der Waals surface area contributed by atoms with Crippen LogP contribution < -0.4 is 5.32 Å². The number of aryl methyl sites for hydroxylation is 1. The van der Waals surface area contributed by atoms with Crippen molar-refractivity contribution in [2.45, 2.75) is 25.9 Å². The van der Waals surface area contributed by atoms with Gasteiger partial charge in [0.25, 0.3) is 0 Å². The topological polar surface area (TPSA) is 43.0 Å². The third-order valence-corrected chi connectivity index (χ3v) is 2.72. The maximum atomic E-state index is 5.35. The molecule has 86 valence electrons. The van der Waals surface area contributed by atoms with Crippen molar-refractivity contribution < 1.29 is 4.42 Å². The van der Waals surface area contributed by atoms with Gasteiger partial charge in [0.05, 0.1) is 18.3 Å². The first-order chi connectivity index (χ1) is 7.68. The molecule has 2 rings (SSSR count). The van der Waals surface area contributed by atoms with Crippen LogP contribution in [0.4, 0.5) is 0 Å². The lowest BCUT2D eigenvalue weighted by Crippen LogP contribution is -2.24. The molecule has 0 radical (unpaired) electrons. The minimum atomic E-state index is 0.182. The van der Waals surface area contributed by atoms with Crippen molar-refractivity contribution in [1.29, 1.82) is 0 Å². The number of nitrogens with one attached hydrogen (secondary N) is 1. The van der Waals surface area contributed by atoms with E-state index in [0.717, 1.165) is 11.6 Å². The molecule has 0 bridgehead atoms. The van der Waals surface area contributed by atoms with Crippen molar-refractivity contribution in [3.8, 4) is 0 Å². The lowest BCUT2D eigenvalue weighted by molar-refractivity contribution is 0.393. The van der Waals surface area contributed by atoms with Crippen LogP contribution in [-0.4, -0.2) is 9.55 Å². The fourth-order valence-electron chi connectivity index (χ4n) is 1.86. The average Bonchev–Trinajstić information content (AvgIpc) is 2.86. The molecule has 2 aromatic heterocycles. The van der Waals surface area contributed by atoms with Gasteiger partial charge in [-0.25, -0.2) is 4.98 Å². The molecule has 0 fully saturated rings. The minimum Gasteiger partial charge on any atom is -0.468 e. The van der Waals surface area contributed by atoms with Crippen LogP contribution in [0.3, 0.4) is 0 Å². The van der Waals surface area contributed by atoms with Gasteiger partial charge in [-0.05, 0) is 26.0 Å². The molecule has 2 heterocycles. The van der Waals surface area contributed by atoms with Crippen LogP contribution in [0.25, 0.3) is 0 Å². The zero-order valence-electron chi connectivity index (χ0n) is 9.84. The third kappa shape index (κ3) is 2.17. The monoisotopic (exact) mass is 219 g/mol. The normalized spacial score (nSPS) is 14.9. The van der Waals surface area contributed by atoms with Crippen LogP contribution >= 0.6 is 0 Å². The summed E-state index contributed by atoms with van der Waals surface area (Å²) >= 11 is 0. The number of hydrogen-bond acceptors (Lipinski definition) is 3. The maximum Gasteiger partial charge on any atom is 0.125 e. The molecule has 0 amide bonds. The summed E-state index contributed by atoms with van der Waals surface area (Å²) in [5, 5.41) is 3.45. The van der Waals surface area contributed by atoms with Gasteiger partial charge < -0.3 is 8.98 Å². The van der Waals surface area contributed by atoms with Crippen LogP contribution in [0.1, 0.15) is 37.5 Å². The molecule has 0 aliphatic carbocycles. The van der Waals surface area contributed by atoms with Crippen molar-refractivity contribution in [2.75, 3.05) is 0 Å². The molecule has 2 atom stereocenters. The van der Waals surface area contributed by atoms with Crippen molar-refractivity contribution >= 4 is 0 Å². The first-order valence-electron chi connectivity index (χ1n) is 5.45. The summed E-state index contributed by atoms with van der Waals surface area (Å²) in [6.07, 6.45) is 5.45. The van der Waals surface area contributed by atoms with Crippen LogP contribution in [0.15, 0.2) is 35.2 Å². The van der Waals surface area contributed by atoms with Crippen LogP contribution in [0.5, 0.6) is 0 Å². The zero-order chi connectivity index (χ0) is 11.5. The quantitative estimate of drug-likeness (QED) is 0.858. The third-order valence-electron chi connectivity index (χ3n) is 2.72. The summed E-state index contributed by atoms with van der Waals surface area (Å²) in [4.78, 5) is 4.32. The Morgan fingerprint density at radius 1 is 1.38 bits per heavy atom.